The molecular formula is C9H16N3O15P3. The van der Waals surface area contributed by atoms with E-state index in [2.05, 4.69) is 18.0 Å². The van der Waals surface area contributed by atoms with Gasteiger partial charge in [0.05, 0.1) is 18.9 Å². The topological polar surface area (TPSA) is 279 Å². The van der Waals surface area contributed by atoms with Gasteiger partial charge >= 0.3 is 29.2 Å². The molecule has 0 radical (unpaired) electrons. The number of hydrogen-bond donors (Lipinski definition) is 7. The third-order valence-corrected chi connectivity index (χ3v) is 7.09. The van der Waals surface area contributed by atoms with E-state index in [4.69, 9.17) is 25.3 Å². The first-order valence-electron chi connectivity index (χ1n) is 7.46. The second kappa shape index (κ2) is 9.10. The predicted molar refractivity (Wildman–Crippen MR) is 90.5 cm³/mol. The summed E-state index contributed by atoms with van der Waals surface area (Å²) in [4.78, 5) is 65.4. The third kappa shape index (κ3) is 6.90. The molecule has 2 rings (SSSR count). The van der Waals surface area contributed by atoms with Crippen LogP contribution in [0.5, 0.6) is 5.75 Å². The second-order valence-electron chi connectivity index (χ2n) is 5.61. The zero-order chi connectivity index (χ0) is 22.9. The van der Waals surface area contributed by atoms with Crippen molar-refractivity contribution in [3.05, 3.63) is 27.0 Å². The maximum atomic E-state index is 12.0. The highest BCUT2D eigenvalue weighted by atomic mass is 31.3. The number of phosphoric acid groups is 3. The number of phosphoric ester groups is 1. The summed E-state index contributed by atoms with van der Waals surface area (Å²) in [5.74, 6) is 3.79. The van der Waals surface area contributed by atoms with E-state index in [0.29, 0.717) is 10.8 Å². The van der Waals surface area contributed by atoms with Gasteiger partial charge in [-0.25, -0.2) is 24.4 Å². The highest BCUT2D eigenvalue weighted by Crippen LogP contribution is 2.65. The Labute approximate surface area is 165 Å². The number of rotatable bonds is 9. The monoisotopic (exact) mass is 499 g/mol. The van der Waals surface area contributed by atoms with Gasteiger partial charge in [-0.2, -0.15) is 8.62 Å². The molecule has 1 fully saturated rings. The summed E-state index contributed by atoms with van der Waals surface area (Å²) in [5, 5.41) is 9.85. The second-order valence-corrected chi connectivity index (χ2v) is 9.95. The minimum atomic E-state index is -5.82. The fourth-order valence-electron chi connectivity index (χ4n) is 2.30. The Bertz CT molecular complexity index is 1030. The molecule has 1 aromatic rings. The van der Waals surface area contributed by atoms with Crippen LogP contribution >= 0.6 is 23.5 Å². The molecule has 30 heavy (non-hydrogen) atoms. The van der Waals surface area contributed by atoms with Crippen LogP contribution in [0.1, 0.15) is 12.6 Å². The molecule has 0 amide bonds. The molecule has 1 aliphatic rings. The molecule has 1 aliphatic heterocycles. The van der Waals surface area contributed by atoms with E-state index in [-0.39, 0.29) is 13.0 Å². The lowest BCUT2D eigenvalue weighted by molar-refractivity contribution is -0.0642. The summed E-state index contributed by atoms with van der Waals surface area (Å²) in [6.07, 6.45) is -2.88. The summed E-state index contributed by atoms with van der Waals surface area (Å²) < 4.78 is 51.1. The Balaban J connectivity index is 2.26. The van der Waals surface area contributed by atoms with E-state index in [1.165, 1.54) is 0 Å². The summed E-state index contributed by atoms with van der Waals surface area (Å²) >= 11 is 0. The van der Waals surface area contributed by atoms with Crippen LogP contribution in [-0.2, 0) is 31.9 Å². The van der Waals surface area contributed by atoms with Crippen molar-refractivity contribution in [3.8, 4) is 5.75 Å². The Morgan fingerprint density at radius 3 is 2.37 bits per heavy atom. The van der Waals surface area contributed by atoms with Gasteiger partial charge in [0.25, 0.3) is 5.56 Å². The van der Waals surface area contributed by atoms with Crippen molar-refractivity contribution in [1.29, 1.82) is 0 Å². The number of ether oxygens (including phenoxy) is 1. The van der Waals surface area contributed by atoms with Gasteiger partial charge in [0.15, 0.2) is 0 Å². The molecule has 2 unspecified atom stereocenters. The zero-order valence-electron chi connectivity index (χ0n) is 14.4. The quantitative estimate of drug-likeness (QED) is 0.140. The van der Waals surface area contributed by atoms with Crippen molar-refractivity contribution >= 4 is 23.5 Å². The zero-order valence-corrected chi connectivity index (χ0v) is 17.1. The van der Waals surface area contributed by atoms with Gasteiger partial charge in [0.1, 0.15) is 12.3 Å². The van der Waals surface area contributed by atoms with Crippen LogP contribution in [0.25, 0.3) is 0 Å². The lowest BCUT2D eigenvalue weighted by Gasteiger charge is -2.18. The molecule has 0 aliphatic carbocycles. The number of H-pyrrole nitrogens is 1. The Hall–Kier alpha value is -1.23. The average Bonchev–Trinajstić information content (AvgIpc) is 2.87. The van der Waals surface area contributed by atoms with Gasteiger partial charge in [0.2, 0.25) is 5.75 Å². The van der Waals surface area contributed by atoms with Crippen molar-refractivity contribution in [2.75, 3.05) is 6.61 Å². The Kier molecular flexibility index (Phi) is 7.59. The number of aliphatic hydroxyl groups excluding tert-OH is 1. The highest BCUT2D eigenvalue weighted by molar-refractivity contribution is 7.66. The minimum absolute atomic E-state index is 0.186. The molecule has 2 heterocycles. The molecule has 0 aromatic carbocycles. The van der Waals surface area contributed by atoms with E-state index in [9.17, 15) is 33.3 Å². The van der Waals surface area contributed by atoms with Crippen LogP contribution in [0.4, 0.5) is 0 Å². The summed E-state index contributed by atoms with van der Waals surface area (Å²) in [6, 6.07) is 0. The molecule has 1 saturated heterocycles. The number of nitrogens with one attached hydrogen (secondary N) is 1. The standard InChI is InChI=1S/C9H16N3O15P3/c10-23-3-6-4(13)1-7(24-6)12-2-5(8(14)11-9(12)15)25-29(19,20)27-30(21,22)26-28(16,17)18/h2,4,6-7,13H,1,3,10H2,(H,19,20)(H,21,22)(H,11,14,15)(H2,16,17,18)/t4-,6+,7+/m0/s1. The number of aliphatic hydroxyl groups is 1. The molecule has 172 valence electrons. The summed E-state index contributed by atoms with van der Waals surface area (Å²) in [5.41, 5.74) is -2.46. The smallest absolute Gasteiger partial charge is 0.396 e. The van der Waals surface area contributed by atoms with Crippen molar-refractivity contribution in [3.63, 3.8) is 0 Å². The Morgan fingerprint density at radius 1 is 1.17 bits per heavy atom. The molecule has 5 atom stereocenters. The lowest BCUT2D eigenvalue weighted by Crippen LogP contribution is -2.33. The fourth-order valence-corrected chi connectivity index (χ4v) is 5.32. The minimum Gasteiger partial charge on any atom is -0.396 e. The van der Waals surface area contributed by atoms with Gasteiger partial charge in [-0.3, -0.25) is 19.2 Å². The summed E-state index contributed by atoms with van der Waals surface area (Å²) in [6.45, 7) is -0.246. The normalized spacial score (nSPS) is 26.1. The van der Waals surface area contributed by atoms with Crippen molar-refractivity contribution < 1.29 is 61.1 Å². The first-order chi connectivity index (χ1) is 13.6. The van der Waals surface area contributed by atoms with E-state index in [0.717, 1.165) is 0 Å². The van der Waals surface area contributed by atoms with E-state index >= 15 is 0 Å². The van der Waals surface area contributed by atoms with E-state index in [1.807, 2.05) is 0 Å². The molecule has 0 spiro atoms. The largest absolute Gasteiger partial charge is 0.536 e. The first kappa shape index (κ1) is 25.0. The number of aromatic nitrogens is 2. The molecule has 8 N–H and O–H groups in total. The summed E-state index contributed by atoms with van der Waals surface area (Å²) in [7, 11) is -17.1. The average molecular weight is 499 g/mol. The maximum absolute atomic E-state index is 12.0. The van der Waals surface area contributed by atoms with Crippen molar-refractivity contribution in [1.82, 2.24) is 9.55 Å². The van der Waals surface area contributed by atoms with E-state index in [1.54, 1.807) is 4.98 Å². The van der Waals surface area contributed by atoms with Crippen LogP contribution in [0.15, 0.2) is 15.8 Å². The fraction of sp³-hybridized carbons (Fsp3) is 0.556. The van der Waals surface area contributed by atoms with Gasteiger partial charge in [-0.05, 0) is 0 Å². The Morgan fingerprint density at radius 2 is 1.80 bits per heavy atom. The highest BCUT2D eigenvalue weighted by Gasteiger charge is 2.42. The van der Waals surface area contributed by atoms with Gasteiger partial charge in [-0.15, -0.1) is 0 Å². The van der Waals surface area contributed by atoms with E-state index < -0.39 is 58.9 Å². The van der Waals surface area contributed by atoms with Crippen LogP contribution in [0, 0.1) is 0 Å². The molecular weight excluding hydrogens is 483 g/mol. The predicted octanol–water partition coefficient (Wildman–Crippen LogP) is -2.22. The third-order valence-electron chi connectivity index (χ3n) is 3.34. The number of aromatic amines is 1. The number of hydrogen-bond acceptors (Lipinski definition) is 12. The molecule has 1 aromatic heterocycles. The van der Waals surface area contributed by atoms with Crippen LogP contribution in [-0.4, -0.2) is 53.0 Å². The SMILES string of the molecule is NOC[C@H]1O[C@@H](n2cc(OP(=O)(O)OP(=O)(O)OP(=O)(O)O)c(=O)[nH]c2=O)C[C@@H]1O. The first-order valence-corrected chi connectivity index (χ1v) is 12.0. The van der Waals surface area contributed by atoms with Crippen LogP contribution in [0.2, 0.25) is 0 Å². The molecule has 0 bridgehead atoms. The van der Waals surface area contributed by atoms with Crippen LogP contribution < -0.4 is 21.7 Å². The molecule has 21 heteroatoms. The number of nitrogens with zero attached hydrogens (tertiary/aromatic N) is 1. The van der Waals surface area contributed by atoms with Crippen LogP contribution in [0.3, 0.4) is 0 Å². The van der Waals surface area contributed by atoms with Gasteiger partial charge in [-0.1, -0.05) is 0 Å². The van der Waals surface area contributed by atoms with Crippen molar-refractivity contribution in [2.24, 2.45) is 5.90 Å². The molecule has 18 nitrogen and oxygen atoms in total. The molecule has 0 saturated carbocycles. The number of nitrogens with two attached hydrogens (primary N) is 1. The van der Waals surface area contributed by atoms with Crippen molar-refractivity contribution in [2.45, 2.75) is 24.9 Å². The van der Waals surface area contributed by atoms with Gasteiger partial charge in [0, 0.05) is 6.42 Å². The lowest BCUT2D eigenvalue weighted by atomic mass is 10.2. The maximum Gasteiger partial charge on any atom is 0.536 e. The van der Waals surface area contributed by atoms with Gasteiger partial charge < -0.3 is 33.9 Å².